The highest BCUT2D eigenvalue weighted by Crippen LogP contribution is 2.40. The summed E-state index contributed by atoms with van der Waals surface area (Å²) in [4.78, 5) is 19.2. The topological polar surface area (TPSA) is 105 Å². The number of halogens is 2. The van der Waals surface area contributed by atoms with Gasteiger partial charge in [-0.2, -0.15) is 20.1 Å². The molecule has 0 saturated carbocycles. The average Bonchev–Trinajstić information content (AvgIpc) is 3.89. The predicted octanol–water partition coefficient (Wildman–Crippen LogP) is 5.97. The summed E-state index contributed by atoms with van der Waals surface area (Å²) in [7, 11) is 0. The van der Waals surface area contributed by atoms with Gasteiger partial charge in [-0.1, -0.05) is 42.6 Å². The molecule has 0 bridgehead atoms. The molecule has 0 spiro atoms. The van der Waals surface area contributed by atoms with Crippen LogP contribution < -0.4 is 20.2 Å². The fourth-order valence-corrected chi connectivity index (χ4v) is 7.14. The minimum absolute atomic E-state index is 0.0782. The van der Waals surface area contributed by atoms with Crippen molar-refractivity contribution in [1.82, 2.24) is 29.3 Å². The Hall–Kier alpha value is -4.36. The lowest BCUT2D eigenvalue weighted by Gasteiger charge is -2.37. The Morgan fingerprint density at radius 1 is 0.900 bits per heavy atom. The van der Waals surface area contributed by atoms with Crippen LogP contribution in [-0.4, -0.2) is 74.8 Å². The summed E-state index contributed by atoms with van der Waals surface area (Å²) in [6.45, 7) is 8.52. The lowest BCUT2D eigenvalue weighted by Crippen LogP contribution is -2.46. The zero-order valence-corrected chi connectivity index (χ0v) is 29.6. The largest absolute Gasteiger partial charge is 0.491 e. The maximum absolute atomic E-state index is 12.9. The summed E-state index contributed by atoms with van der Waals surface area (Å²) in [5.41, 5.74) is 3.65. The van der Waals surface area contributed by atoms with E-state index in [1.165, 1.54) is 4.80 Å². The summed E-state index contributed by atoms with van der Waals surface area (Å²) in [5, 5.41) is 13.8. The van der Waals surface area contributed by atoms with Gasteiger partial charge < -0.3 is 24.0 Å². The van der Waals surface area contributed by atoms with Gasteiger partial charge in [0.05, 0.1) is 35.8 Å². The lowest BCUT2D eigenvalue weighted by atomic mass is 10.1. The first-order valence-electron chi connectivity index (χ1n) is 16.9. The second-order valence-electron chi connectivity index (χ2n) is 12.6. The molecule has 2 aliphatic heterocycles. The highest BCUT2D eigenvalue weighted by atomic mass is 35.5. The Labute approximate surface area is 300 Å². The number of nitrogens with zero attached hydrogens (tertiary/aromatic N) is 8. The van der Waals surface area contributed by atoms with Gasteiger partial charge >= 0.3 is 5.69 Å². The summed E-state index contributed by atoms with van der Waals surface area (Å²) in [6.07, 6.45) is 6.40. The molecule has 2 fully saturated rings. The van der Waals surface area contributed by atoms with E-state index >= 15 is 0 Å². The summed E-state index contributed by atoms with van der Waals surface area (Å²) >= 11 is 12.7. The van der Waals surface area contributed by atoms with E-state index < -0.39 is 5.79 Å². The van der Waals surface area contributed by atoms with E-state index in [-0.39, 0.29) is 24.4 Å². The molecule has 2 aromatic heterocycles. The van der Waals surface area contributed by atoms with Crippen molar-refractivity contribution in [2.75, 3.05) is 49.2 Å². The first-order valence-corrected chi connectivity index (χ1v) is 17.7. The third kappa shape index (κ3) is 7.25. The van der Waals surface area contributed by atoms with Crippen LogP contribution in [0.4, 0.5) is 11.4 Å². The summed E-state index contributed by atoms with van der Waals surface area (Å²) < 4.78 is 22.0. The molecule has 0 radical (unpaired) electrons. The van der Waals surface area contributed by atoms with Crippen LogP contribution in [0.3, 0.4) is 0 Å². The van der Waals surface area contributed by atoms with Crippen LogP contribution in [0.25, 0.3) is 5.69 Å². The molecule has 7 rings (SSSR count). The molecule has 0 aliphatic carbocycles. The van der Waals surface area contributed by atoms with Gasteiger partial charge in [-0.15, -0.1) is 0 Å². The van der Waals surface area contributed by atoms with Gasteiger partial charge in [0.25, 0.3) is 0 Å². The Balaban J connectivity index is 0.921. The first kappa shape index (κ1) is 34.1. The molecule has 3 aromatic carbocycles. The van der Waals surface area contributed by atoms with E-state index in [9.17, 15) is 4.79 Å². The number of aromatic nitrogens is 6. The van der Waals surface area contributed by atoms with Crippen molar-refractivity contribution in [2.24, 2.45) is 0 Å². The molecule has 262 valence electrons. The quantitative estimate of drug-likeness (QED) is 0.154. The van der Waals surface area contributed by atoms with E-state index in [1.54, 1.807) is 40.1 Å². The SMILES string of the molecule is CCCC(C)n1ncn(-c2ccc(N3CCN(c4ccc(OC[C@@H]5CO[C@@](Cn6nccn6)(c6ccc(Cl)cc6Cl)O5)cc4)CC3)cc2)c1=O. The molecule has 50 heavy (non-hydrogen) atoms. The van der Waals surface area contributed by atoms with E-state index in [0.717, 1.165) is 61.8 Å². The smallest absolute Gasteiger partial charge is 0.350 e. The molecular weight excluding hydrogens is 679 g/mol. The van der Waals surface area contributed by atoms with Crippen LogP contribution in [0.2, 0.25) is 10.0 Å². The summed E-state index contributed by atoms with van der Waals surface area (Å²) in [6, 6.07) is 21.6. The molecule has 2 saturated heterocycles. The Morgan fingerprint density at radius 3 is 2.18 bits per heavy atom. The maximum atomic E-state index is 12.9. The molecule has 14 heteroatoms. The zero-order valence-electron chi connectivity index (χ0n) is 28.1. The molecular formula is C36H40Cl2N8O4. The van der Waals surface area contributed by atoms with Gasteiger partial charge in [0.2, 0.25) is 5.79 Å². The van der Waals surface area contributed by atoms with Crippen LogP contribution in [0.15, 0.2) is 90.2 Å². The van der Waals surface area contributed by atoms with E-state index in [2.05, 4.69) is 56.3 Å². The molecule has 0 amide bonds. The fraction of sp³-hybridized carbons (Fsp3) is 0.389. The molecule has 4 heterocycles. The van der Waals surface area contributed by atoms with Crippen LogP contribution >= 0.6 is 23.2 Å². The van der Waals surface area contributed by atoms with E-state index in [1.807, 2.05) is 37.3 Å². The Morgan fingerprint density at radius 2 is 1.54 bits per heavy atom. The van der Waals surface area contributed by atoms with E-state index in [4.69, 9.17) is 37.4 Å². The number of anilines is 2. The molecule has 2 aliphatic rings. The molecule has 1 unspecified atom stereocenters. The van der Waals surface area contributed by atoms with Gasteiger partial charge in [-0.3, -0.25) is 0 Å². The van der Waals surface area contributed by atoms with Crippen molar-refractivity contribution >= 4 is 34.6 Å². The van der Waals surface area contributed by atoms with Crippen LogP contribution in [0.5, 0.6) is 5.75 Å². The van der Waals surface area contributed by atoms with Gasteiger partial charge in [0.15, 0.2) is 0 Å². The Kier molecular flexibility index (Phi) is 10.1. The fourth-order valence-electron chi connectivity index (χ4n) is 6.59. The normalized spacial score (nSPS) is 20.0. The van der Waals surface area contributed by atoms with Gasteiger partial charge in [-0.05, 0) is 74.0 Å². The number of rotatable bonds is 12. The second-order valence-corrected chi connectivity index (χ2v) is 13.5. The Bertz CT molecular complexity index is 1920. The van der Waals surface area contributed by atoms with E-state index in [0.29, 0.717) is 28.8 Å². The van der Waals surface area contributed by atoms with Crippen molar-refractivity contribution < 1.29 is 14.2 Å². The van der Waals surface area contributed by atoms with Crippen molar-refractivity contribution in [3.63, 3.8) is 0 Å². The van der Waals surface area contributed by atoms with Gasteiger partial charge in [-0.25, -0.2) is 14.0 Å². The zero-order chi connectivity index (χ0) is 34.7. The highest BCUT2D eigenvalue weighted by molar-refractivity contribution is 6.35. The highest BCUT2D eigenvalue weighted by Gasteiger charge is 2.46. The number of piperazine rings is 1. The molecule has 0 N–H and O–H groups in total. The second kappa shape index (κ2) is 14.9. The standard InChI is InChI=1S/C36H40Cl2N8O4/c1-3-4-26(2)46-35(47)44(25-41-46)30-8-6-28(7-9-30)42-17-19-43(20-18-42)29-10-12-31(13-11-29)48-22-32-23-49-36(50-32,24-45-39-15-16-40-45)33-14-5-27(37)21-34(33)38/h5-16,21,25-26,32H,3-4,17-20,22-24H2,1-2H3/t26?,32-,36-/m1/s1. The maximum Gasteiger partial charge on any atom is 0.350 e. The minimum Gasteiger partial charge on any atom is -0.491 e. The van der Waals surface area contributed by atoms with Crippen molar-refractivity contribution in [1.29, 1.82) is 0 Å². The third-order valence-corrected chi connectivity index (χ3v) is 9.79. The molecule has 12 nitrogen and oxygen atoms in total. The number of ether oxygens (including phenoxy) is 3. The summed E-state index contributed by atoms with van der Waals surface area (Å²) in [5.74, 6) is -0.435. The van der Waals surface area contributed by atoms with Crippen LogP contribution in [-0.2, 0) is 21.8 Å². The van der Waals surface area contributed by atoms with Crippen LogP contribution in [0, 0.1) is 0 Å². The van der Waals surface area contributed by atoms with Crippen molar-refractivity contribution in [2.45, 2.75) is 51.2 Å². The van der Waals surface area contributed by atoms with Crippen LogP contribution in [0.1, 0.15) is 38.3 Å². The van der Waals surface area contributed by atoms with Crippen molar-refractivity contribution in [3.8, 4) is 11.4 Å². The molecule has 3 atom stereocenters. The number of hydrogen-bond donors (Lipinski definition) is 0. The van der Waals surface area contributed by atoms with Gasteiger partial charge in [0, 0.05) is 48.1 Å². The first-order chi connectivity index (χ1) is 24.3. The molecule has 5 aromatic rings. The number of hydrogen-bond acceptors (Lipinski definition) is 9. The average molecular weight is 720 g/mol. The van der Waals surface area contributed by atoms with Crippen molar-refractivity contribution in [3.05, 3.63) is 112 Å². The monoisotopic (exact) mass is 718 g/mol. The minimum atomic E-state index is -1.18. The number of benzene rings is 3. The predicted molar refractivity (Wildman–Crippen MR) is 193 cm³/mol. The lowest BCUT2D eigenvalue weighted by molar-refractivity contribution is -0.192. The van der Waals surface area contributed by atoms with Gasteiger partial charge in [0.1, 0.15) is 31.3 Å². The third-order valence-electron chi connectivity index (χ3n) is 9.25.